The predicted molar refractivity (Wildman–Crippen MR) is 117 cm³/mol. The predicted octanol–water partition coefficient (Wildman–Crippen LogP) is 2.32. The van der Waals surface area contributed by atoms with E-state index in [9.17, 15) is 14.4 Å². The highest BCUT2D eigenvalue weighted by atomic mass is 16.6. The second-order valence-corrected chi connectivity index (χ2v) is 8.62. The summed E-state index contributed by atoms with van der Waals surface area (Å²) in [5.74, 6) is -1.37. The Hall–Kier alpha value is -2.81. The first-order chi connectivity index (χ1) is 14.4. The molecule has 1 aliphatic rings. The van der Waals surface area contributed by atoms with Crippen molar-refractivity contribution in [2.45, 2.75) is 46.8 Å². The number of carboxylic acid groups (broad SMARTS) is 1. The van der Waals surface area contributed by atoms with Gasteiger partial charge in [0, 0.05) is 38.4 Å². The molecule has 0 aliphatic carbocycles. The fourth-order valence-corrected chi connectivity index (χ4v) is 3.63. The molecular formula is C22H33N3O6. The minimum atomic E-state index is -0.948. The summed E-state index contributed by atoms with van der Waals surface area (Å²) >= 11 is 0. The maximum atomic E-state index is 12.5. The molecular weight excluding hydrogens is 402 g/mol. The van der Waals surface area contributed by atoms with Gasteiger partial charge in [0.25, 0.3) is 0 Å². The molecule has 0 radical (unpaired) electrons. The van der Waals surface area contributed by atoms with Gasteiger partial charge in [0.15, 0.2) is 0 Å². The molecule has 1 aliphatic heterocycles. The van der Waals surface area contributed by atoms with Gasteiger partial charge in [0.05, 0.1) is 19.2 Å². The Kier molecular flexibility index (Phi) is 7.89. The van der Waals surface area contributed by atoms with Gasteiger partial charge in [0.2, 0.25) is 0 Å². The fourth-order valence-electron chi connectivity index (χ4n) is 3.63. The molecule has 0 bridgehead atoms. The molecule has 2 N–H and O–H groups in total. The van der Waals surface area contributed by atoms with Crippen LogP contribution in [0.5, 0.6) is 0 Å². The zero-order valence-corrected chi connectivity index (χ0v) is 19.2. The molecule has 0 aromatic heterocycles. The quantitative estimate of drug-likeness (QED) is 0.656. The zero-order valence-electron chi connectivity index (χ0n) is 19.2. The Labute approximate surface area is 183 Å². The second-order valence-electron chi connectivity index (χ2n) is 8.62. The number of hydrogen-bond acceptors (Lipinski definition) is 7. The van der Waals surface area contributed by atoms with E-state index < -0.39 is 17.5 Å². The Balaban J connectivity index is 2.26. The van der Waals surface area contributed by atoms with Crippen molar-refractivity contribution in [1.29, 1.82) is 0 Å². The van der Waals surface area contributed by atoms with Gasteiger partial charge in [-0.2, -0.15) is 0 Å². The van der Waals surface area contributed by atoms with Gasteiger partial charge in [-0.3, -0.25) is 4.79 Å². The normalized spacial score (nSPS) is 14.4. The smallest absolute Gasteiger partial charge is 0.410 e. The van der Waals surface area contributed by atoms with Gasteiger partial charge in [0.1, 0.15) is 5.60 Å². The van der Waals surface area contributed by atoms with Gasteiger partial charge in [-0.15, -0.1) is 0 Å². The van der Waals surface area contributed by atoms with E-state index in [2.05, 4.69) is 10.2 Å². The molecule has 9 heteroatoms. The monoisotopic (exact) mass is 435 g/mol. The van der Waals surface area contributed by atoms with Gasteiger partial charge >= 0.3 is 18.0 Å². The Morgan fingerprint density at radius 2 is 1.71 bits per heavy atom. The minimum absolute atomic E-state index is 0.176. The van der Waals surface area contributed by atoms with E-state index in [1.54, 1.807) is 4.90 Å². The third-order valence-corrected chi connectivity index (χ3v) is 5.18. The number of carbonyl (C=O) groups excluding carboxylic acids is 2. The van der Waals surface area contributed by atoms with Gasteiger partial charge < -0.3 is 29.7 Å². The van der Waals surface area contributed by atoms with E-state index in [4.69, 9.17) is 14.6 Å². The SMILES string of the molecule is COC(=O)c1c(C)c(CNCC(=O)O)cc(N2CCN(C(=O)OC(C)(C)C)CC2)c1C. The maximum absolute atomic E-state index is 12.5. The number of carboxylic acids is 1. The average Bonchev–Trinajstić information content (AvgIpc) is 2.68. The van der Waals surface area contributed by atoms with Gasteiger partial charge in [-0.25, -0.2) is 9.59 Å². The summed E-state index contributed by atoms with van der Waals surface area (Å²) in [4.78, 5) is 39.5. The number of anilines is 1. The van der Waals surface area contributed by atoms with Crippen LogP contribution >= 0.6 is 0 Å². The molecule has 1 aromatic rings. The number of piperazine rings is 1. The lowest BCUT2D eigenvalue weighted by Crippen LogP contribution is -2.50. The molecule has 172 valence electrons. The highest BCUT2D eigenvalue weighted by molar-refractivity contribution is 5.95. The number of benzene rings is 1. The van der Waals surface area contributed by atoms with E-state index in [0.29, 0.717) is 38.3 Å². The molecule has 0 atom stereocenters. The van der Waals surface area contributed by atoms with Crippen molar-refractivity contribution < 1.29 is 29.0 Å². The topological polar surface area (TPSA) is 108 Å². The molecule has 1 saturated heterocycles. The summed E-state index contributed by atoms with van der Waals surface area (Å²) in [6.45, 7) is 11.5. The van der Waals surface area contributed by atoms with E-state index in [1.165, 1.54) is 7.11 Å². The molecule has 2 rings (SSSR count). The third kappa shape index (κ3) is 6.33. The Morgan fingerprint density at radius 3 is 2.23 bits per heavy atom. The standard InChI is InChI=1S/C22H33N3O6/c1-14-16(12-23-13-18(26)27)11-17(15(2)19(14)20(28)30-6)24-7-9-25(10-8-24)21(29)31-22(3,4)5/h11,23H,7-10,12-13H2,1-6H3,(H,26,27). The van der Waals surface area contributed by atoms with Crippen molar-refractivity contribution in [3.05, 3.63) is 28.3 Å². The van der Waals surface area contributed by atoms with Crippen LogP contribution in [0.15, 0.2) is 6.07 Å². The largest absolute Gasteiger partial charge is 0.480 e. The van der Waals surface area contributed by atoms with Crippen molar-refractivity contribution in [3.63, 3.8) is 0 Å². The number of amides is 1. The minimum Gasteiger partial charge on any atom is -0.480 e. The van der Waals surface area contributed by atoms with Crippen molar-refractivity contribution in [2.24, 2.45) is 0 Å². The number of esters is 1. The van der Waals surface area contributed by atoms with E-state index in [-0.39, 0.29) is 12.6 Å². The summed E-state index contributed by atoms with van der Waals surface area (Å²) in [7, 11) is 1.34. The molecule has 9 nitrogen and oxygen atoms in total. The lowest BCUT2D eigenvalue weighted by molar-refractivity contribution is -0.136. The van der Waals surface area contributed by atoms with Crippen LogP contribution in [0.25, 0.3) is 0 Å². The van der Waals surface area contributed by atoms with E-state index in [1.807, 2.05) is 40.7 Å². The van der Waals surface area contributed by atoms with Crippen molar-refractivity contribution in [1.82, 2.24) is 10.2 Å². The van der Waals surface area contributed by atoms with Crippen LogP contribution in [0, 0.1) is 13.8 Å². The van der Waals surface area contributed by atoms with Crippen molar-refractivity contribution in [3.8, 4) is 0 Å². The summed E-state index contributed by atoms with van der Waals surface area (Å²) in [5, 5.41) is 11.8. The molecule has 1 aromatic carbocycles. The van der Waals surface area contributed by atoms with Crippen molar-refractivity contribution >= 4 is 23.7 Å². The average molecular weight is 436 g/mol. The number of methoxy groups -OCH3 is 1. The summed E-state index contributed by atoms with van der Waals surface area (Å²) in [5.41, 5.74) is 3.21. The molecule has 1 heterocycles. The first-order valence-electron chi connectivity index (χ1n) is 10.3. The Morgan fingerprint density at radius 1 is 1.10 bits per heavy atom. The number of hydrogen-bond donors (Lipinski definition) is 2. The molecule has 0 unspecified atom stereocenters. The molecule has 31 heavy (non-hydrogen) atoms. The van der Waals surface area contributed by atoms with Crippen LogP contribution in [0.4, 0.5) is 10.5 Å². The number of aliphatic carboxylic acids is 1. The lowest BCUT2D eigenvalue weighted by atomic mass is 9.94. The molecule has 0 saturated carbocycles. The number of carbonyl (C=O) groups is 3. The zero-order chi connectivity index (χ0) is 23.3. The van der Waals surface area contributed by atoms with Gasteiger partial charge in [-0.1, -0.05) is 0 Å². The third-order valence-electron chi connectivity index (χ3n) is 5.18. The summed E-state index contributed by atoms with van der Waals surface area (Å²) in [6, 6.07) is 1.98. The Bertz CT molecular complexity index is 839. The molecule has 1 fully saturated rings. The highest BCUT2D eigenvalue weighted by Crippen LogP contribution is 2.31. The second kappa shape index (κ2) is 10.00. The highest BCUT2D eigenvalue weighted by Gasteiger charge is 2.28. The lowest BCUT2D eigenvalue weighted by Gasteiger charge is -2.38. The van der Waals surface area contributed by atoms with E-state index in [0.717, 1.165) is 22.4 Å². The first-order valence-corrected chi connectivity index (χ1v) is 10.3. The summed E-state index contributed by atoms with van der Waals surface area (Å²) in [6.07, 6.45) is -0.332. The maximum Gasteiger partial charge on any atom is 0.410 e. The van der Waals surface area contributed by atoms with Crippen LogP contribution in [-0.4, -0.2) is 73.5 Å². The number of rotatable bonds is 6. The molecule has 0 spiro atoms. The van der Waals surface area contributed by atoms with Crippen molar-refractivity contribution in [2.75, 3.05) is 44.7 Å². The van der Waals surface area contributed by atoms with Gasteiger partial charge in [-0.05, 0) is 57.4 Å². The fraction of sp³-hybridized carbons (Fsp3) is 0.591. The van der Waals surface area contributed by atoms with Crippen LogP contribution in [0.1, 0.15) is 47.8 Å². The number of ether oxygens (including phenoxy) is 2. The summed E-state index contributed by atoms with van der Waals surface area (Å²) < 4.78 is 10.4. The number of nitrogens with one attached hydrogen (secondary N) is 1. The molecule has 1 amide bonds. The number of nitrogens with zero attached hydrogens (tertiary/aromatic N) is 2. The van der Waals surface area contributed by atoms with E-state index >= 15 is 0 Å². The van der Waals surface area contributed by atoms with Crippen LogP contribution in [-0.2, 0) is 20.8 Å². The van der Waals surface area contributed by atoms with Crippen LogP contribution in [0.2, 0.25) is 0 Å². The van der Waals surface area contributed by atoms with Crippen LogP contribution in [0.3, 0.4) is 0 Å². The first kappa shape index (κ1) is 24.5. The van der Waals surface area contributed by atoms with Crippen LogP contribution < -0.4 is 10.2 Å².